The van der Waals surface area contributed by atoms with E-state index in [2.05, 4.69) is 0 Å². The molecule has 3 heteroatoms. The molecule has 0 aliphatic heterocycles. The first-order valence-corrected chi connectivity index (χ1v) is 3.01. The Hall–Kier alpha value is -0.410. The lowest BCUT2D eigenvalue weighted by atomic mass is 10.1. The van der Waals surface area contributed by atoms with Crippen LogP contribution in [0.4, 0.5) is 0 Å². The summed E-state index contributed by atoms with van der Waals surface area (Å²) in [6, 6.07) is 0. The molecule has 0 rings (SSSR count). The third-order valence-electron chi connectivity index (χ3n) is 1.07. The Morgan fingerprint density at radius 3 is 2.56 bits per heavy atom. The highest BCUT2D eigenvalue weighted by atomic mass is 16.3. The molecule has 0 saturated heterocycles. The minimum atomic E-state index is -0.863. The molecule has 1 unspecified atom stereocenters. The molecular formula is C6H12O3. The molecular weight excluding hydrogens is 120 g/mol. The summed E-state index contributed by atoms with van der Waals surface area (Å²) >= 11 is 0. The number of Topliss-reactive ketones (excluding diaryl/α,β-unsaturated/α-hetero) is 1. The molecule has 3 nitrogen and oxygen atoms in total. The van der Waals surface area contributed by atoms with E-state index < -0.39 is 6.10 Å². The SMILES string of the molecule is CCC(=O)CC(O)CO. The molecule has 0 aromatic heterocycles. The molecule has 0 radical (unpaired) electrons. The van der Waals surface area contributed by atoms with E-state index in [0.29, 0.717) is 6.42 Å². The van der Waals surface area contributed by atoms with Crippen molar-refractivity contribution in [1.29, 1.82) is 0 Å². The Bertz CT molecular complexity index is 90.3. The number of hydrogen-bond donors (Lipinski definition) is 2. The highest BCUT2D eigenvalue weighted by Crippen LogP contribution is 1.93. The molecule has 2 N–H and O–H groups in total. The van der Waals surface area contributed by atoms with Gasteiger partial charge in [-0.25, -0.2) is 0 Å². The third-order valence-corrected chi connectivity index (χ3v) is 1.07. The molecule has 0 aliphatic rings. The molecule has 0 aliphatic carbocycles. The van der Waals surface area contributed by atoms with E-state index in [0.717, 1.165) is 0 Å². The van der Waals surface area contributed by atoms with Gasteiger partial charge in [0, 0.05) is 12.8 Å². The van der Waals surface area contributed by atoms with Gasteiger partial charge in [-0.3, -0.25) is 4.79 Å². The molecule has 9 heavy (non-hydrogen) atoms. The number of rotatable bonds is 4. The Labute approximate surface area is 54.3 Å². The summed E-state index contributed by atoms with van der Waals surface area (Å²) in [4.78, 5) is 10.5. The molecule has 0 aromatic rings. The second-order valence-electron chi connectivity index (χ2n) is 1.93. The number of ketones is 1. The zero-order valence-electron chi connectivity index (χ0n) is 5.50. The monoisotopic (exact) mass is 132 g/mol. The Morgan fingerprint density at radius 2 is 2.22 bits per heavy atom. The summed E-state index contributed by atoms with van der Waals surface area (Å²) in [7, 11) is 0. The molecule has 0 aromatic carbocycles. The van der Waals surface area contributed by atoms with E-state index in [9.17, 15) is 4.79 Å². The molecule has 0 spiro atoms. The number of hydrogen-bond acceptors (Lipinski definition) is 3. The maximum Gasteiger partial charge on any atom is 0.135 e. The zero-order chi connectivity index (χ0) is 7.28. The van der Waals surface area contributed by atoms with Gasteiger partial charge in [0.05, 0.1) is 12.7 Å². The van der Waals surface area contributed by atoms with Crippen LogP contribution in [0.15, 0.2) is 0 Å². The van der Waals surface area contributed by atoms with E-state index in [1.807, 2.05) is 0 Å². The summed E-state index contributed by atoms with van der Waals surface area (Å²) in [5, 5.41) is 17.0. The van der Waals surface area contributed by atoms with Gasteiger partial charge in [-0.1, -0.05) is 6.92 Å². The summed E-state index contributed by atoms with van der Waals surface area (Å²) in [5.41, 5.74) is 0. The van der Waals surface area contributed by atoms with Crippen LogP contribution in [0.25, 0.3) is 0 Å². The van der Waals surface area contributed by atoms with Crippen LogP contribution in [0.5, 0.6) is 0 Å². The highest BCUT2D eigenvalue weighted by Gasteiger charge is 2.06. The lowest BCUT2D eigenvalue weighted by Crippen LogP contribution is -2.16. The predicted octanol–water partition coefficient (Wildman–Crippen LogP) is -0.291. The number of aliphatic hydroxyl groups is 2. The molecule has 0 amide bonds. The van der Waals surface area contributed by atoms with Crippen molar-refractivity contribution in [3.8, 4) is 0 Å². The van der Waals surface area contributed by atoms with Crippen molar-refractivity contribution in [3.05, 3.63) is 0 Å². The number of carbonyl (C=O) groups excluding carboxylic acids is 1. The standard InChI is InChI=1S/C6H12O3/c1-2-5(8)3-6(9)4-7/h6-7,9H,2-4H2,1H3. The van der Waals surface area contributed by atoms with Crippen molar-refractivity contribution in [2.45, 2.75) is 25.9 Å². The second kappa shape index (κ2) is 4.47. The van der Waals surface area contributed by atoms with E-state index >= 15 is 0 Å². The summed E-state index contributed by atoms with van der Waals surface area (Å²) in [5.74, 6) is -0.0171. The van der Waals surface area contributed by atoms with Gasteiger partial charge < -0.3 is 10.2 Å². The zero-order valence-corrected chi connectivity index (χ0v) is 5.50. The van der Waals surface area contributed by atoms with Gasteiger partial charge in [-0.05, 0) is 0 Å². The molecule has 0 heterocycles. The molecule has 1 atom stereocenters. The van der Waals surface area contributed by atoms with Gasteiger partial charge in [0.1, 0.15) is 5.78 Å². The van der Waals surface area contributed by atoms with E-state index in [-0.39, 0.29) is 18.8 Å². The van der Waals surface area contributed by atoms with E-state index in [1.165, 1.54) is 0 Å². The summed E-state index contributed by atoms with van der Waals surface area (Å²) in [6.45, 7) is 1.40. The third kappa shape index (κ3) is 4.12. The second-order valence-corrected chi connectivity index (χ2v) is 1.93. The van der Waals surface area contributed by atoms with Crippen molar-refractivity contribution in [2.75, 3.05) is 6.61 Å². The largest absolute Gasteiger partial charge is 0.394 e. The quantitative estimate of drug-likeness (QED) is 0.552. The first-order chi connectivity index (χ1) is 4.20. The van der Waals surface area contributed by atoms with Crippen molar-refractivity contribution >= 4 is 5.78 Å². The Kier molecular flexibility index (Phi) is 4.26. The first kappa shape index (κ1) is 8.59. The molecule has 0 fully saturated rings. The minimum absolute atomic E-state index is 0.0171. The van der Waals surface area contributed by atoms with Crippen molar-refractivity contribution in [2.24, 2.45) is 0 Å². The van der Waals surface area contributed by atoms with Gasteiger partial charge >= 0.3 is 0 Å². The topological polar surface area (TPSA) is 57.5 Å². The van der Waals surface area contributed by atoms with Crippen LogP contribution in [0.3, 0.4) is 0 Å². The Balaban J connectivity index is 3.34. The average Bonchev–Trinajstić information content (AvgIpc) is 1.87. The van der Waals surface area contributed by atoms with Crippen LogP contribution >= 0.6 is 0 Å². The predicted molar refractivity (Wildman–Crippen MR) is 33.0 cm³/mol. The average molecular weight is 132 g/mol. The normalized spacial score (nSPS) is 13.2. The van der Waals surface area contributed by atoms with Crippen molar-refractivity contribution in [1.82, 2.24) is 0 Å². The van der Waals surface area contributed by atoms with Crippen LogP contribution in [0, 0.1) is 0 Å². The molecule has 0 saturated carbocycles. The van der Waals surface area contributed by atoms with Crippen LogP contribution in [0.2, 0.25) is 0 Å². The maximum absolute atomic E-state index is 10.5. The van der Waals surface area contributed by atoms with Crippen molar-refractivity contribution in [3.63, 3.8) is 0 Å². The number of carbonyl (C=O) groups is 1. The summed E-state index contributed by atoms with van der Waals surface area (Å²) < 4.78 is 0. The lowest BCUT2D eigenvalue weighted by molar-refractivity contribution is -0.121. The van der Waals surface area contributed by atoms with E-state index in [1.54, 1.807) is 6.92 Å². The number of aliphatic hydroxyl groups excluding tert-OH is 2. The fraction of sp³-hybridized carbons (Fsp3) is 0.833. The maximum atomic E-state index is 10.5. The Morgan fingerprint density at radius 1 is 1.67 bits per heavy atom. The fourth-order valence-corrected chi connectivity index (χ4v) is 0.472. The van der Waals surface area contributed by atoms with Crippen LogP contribution in [0.1, 0.15) is 19.8 Å². The van der Waals surface area contributed by atoms with E-state index in [4.69, 9.17) is 10.2 Å². The molecule has 0 bridgehead atoms. The molecule has 54 valence electrons. The van der Waals surface area contributed by atoms with Crippen LogP contribution < -0.4 is 0 Å². The highest BCUT2D eigenvalue weighted by molar-refractivity contribution is 5.78. The van der Waals surface area contributed by atoms with Gasteiger partial charge in [-0.15, -0.1) is 0 Å². The summed E-state index contributed by atoms with van der Waals surface area (Å²) in [6.07, 6.45) is -0.359. The first-order valence-electron chi connectivity index (χ1n) is 3.01. The van der Waals surface area contributed by atoms with Gasteiger partial charge in [0.25, 0.3) is 0 Å². The smallest absolute Gasteiger partial charge is 0.135 e. The van der Waals surface area contributed by atoms with Gasteiger partial charge in [0.2, 0.25) is 0 Å². The minimum Gasteiger partial charge on any atom is -0.394 e. The van der Waals surface area contributed by atoms with Gasteiger partial charge in [-0.2, -0.15) is 0 Å². The lowest BCUT2D eigenvalue weighted by Gasteiger charge is -2.02. The van der Waals surface area contributed by atoms with Crippen molar-refractivity contribution < 1.29 is 15.0 Å². The van der Waals surface area contributed by atoms with Crippen LogP contribution in [-0.2, 0) is 4.79 Å². The van der Waals surface area contributed by atoms with Gasteiger partial charge in [0.15, 0.2) is 0 Å². The fourth-order valence-electron chi connectivity index (χ4n) is 0.472. The van der Waals surface area contributed by atoms with Crippen LogP contribution in [-0.4, -0.2) is 28.7 Å².